The molecule has 0 saturated carbocycles. The van der Waals surface area contributed by atoms with Gasteiger partial charge in [0.05, 0.1) is 22.9 Å². The molecule has 146 valence electrons. The minimum absolute atomic E-state index is 0.0666. The van der Waals surface area contributed by atoms with E-state index in [9.17, 15) is 5.26 Å². The molecule has 0 bridgehead atoms. The first kappa shape index (κ1) is 19.6. The molecule has 2 heterocycles. The van der Waals surface area contributed by atoms with Gasteiger partial charge in [0.25, 0.3) is 0 Å². The smallest absolute Gasteiger partial charge is 0.229 e. The Balaban J connectivity index is 2.04. The number of para-hydroxylation sites is 1. The fraction of sp³-hybridized carbons (Fsp3) is 0.182. The summed E-state index contributed by atoms with van der Waals surface area (Å²) in [5.41, 5.74) is 9.86. The SMILES string of the molecule is CCCc1nn(-c2ccccc2)c2c1[C@@H](c1c(Cl)cccc1Br)C(C#N)=C(N)O2. The largest absolute Gasteiger partial charge is 0.422 e. The molecular weight excluding hydrogens is 452 g/mol. The molecular formula is C22H18BrClN4O. The number of aromatic nitrogens is 2. The molecule has 5 nitrogen and oxygen atoms in total. The summed E-state index contributed by atoms with van der Waals surface area (Å²) in [6, 6.07) is 17.5. The van der Waals surface area contributed by atoms with Crippen LogP contribution in [0.25, 0.3) is 5.69 Å². The van der Waals surface area contributed by atoms with Crippen molar-refractivity contribution in [1.82, 2.24) is 9.78 Å². The van der Waals surface area contributed by atoms with Crippen LogP contribution >= 0.6 is 27.5 Å². The zero-order valence-corrected chi connectivity index (χ0v) is 18.0. The van der Waals surface area contributed by atoms with E-state index in [1.165, 1.54) is 0 Å². The topological polar surface area (TPSA) is 76.9 Å². The van der Waals surface area contributed by atoms with E-state index in [1.54, 1.807) is 4.68 Å². The number of nitriles is 1. The van der Waals surface area contributed by atoms with Crippen molar-refractivity contribution in [2.24, 2.45) is 5.73 Å². The van der Waals surface area contributed by atoms with E-state index in [2.05, 4.69) is 28.9 Å². The van der Waals surface area contributed by atoms with Crippen molar-refractivity contribution >= 4 is 27.5 Å². The summed E-state index contributed by atoms with van der Waals surface area (Å²) in [4.78, 5) is 0. The molecule has 3 aromatic rings. The Morgan fingerprint density at radius 2 is 1.97 bits per heavy atom. The van der Waals surface area contributed by atoms with Crippen LogP contribution in [0, 0.1) is 11.3 Å². The van der Waals surface area contributed by atoms with E-state index < -0.39 is 5.92 Å². The van der Waals surface area contributed by atoms with Crippen LogP contribution in [0.1, 0.15) is 36.1 Å². The Labute approximate surface area is 182 Å². The highest BCUT2D eigenvalue weighted by atomic mass is 79.9. The van der Waals surface area contributed by atoms with Gasteiger partial charge in [-0.05, 0) is 36.2 Å². The Kier molecular flexibility index (Phi) is 5.35. The number of hydrogen-bond acceptors (Lipinski definition) is 4. The van der Waals surface area contributed by atoms with Gasteiger partial charge in [0, 0.05) is 9.50 Å². The van der Waals surface area contributed by atoms with Crippen molar-refractivity contribution in [3.8, 4) is 17.6 Å². The molecule has 0 spiro atoms. The number of fused-ring (bicyclic) bond motifs is 1. The number of allylic oxidation sites excluding steroid dienone is 1. The van der Waals surface area contributed by atoms with Crippen molar-refractivity contribution in [1.29, 1.82) is 5.26 Å². The third kappa shape index (κ3) is 3.31. The molecule has 0 saturated heterocycles. The van der Waals surface area contributed by atoms with Gasteiger partial charge in [-0.25, -0.2) is 4.68 Å². The predicted molar refractivity (Wildman–Crippen MR) is 116 cm³/mol. The Bertz CT molecular complexity index is 1130. The van der Waals surface area contributed by atoms with Gasteiger partial charge >= 0.3 is 0 Å². The maximum absolute atomic E-state index is 9.89. The average molecular weight is 470 g/mol. The van der Waals surface area contributed by atoms with Crippen molar-refractivity contribution in [2.75, 3.05) is 0 Å². The van der Waals surface area contributed by atoms with Crippen LogP contribution < -0.4 is 10.5 Å². The lowest BCUT2D eigenvalue weighted by atomic mass is 9.83. The number of aryl methyl sites for hydroxylation is 1. The van der Waals surface area contributed by atoms with Crippen LogP contribution in [0.5, 0.6) is 5.88 Å². The average Bonchev–Trinajstić information content (AvgIpc) is 3.06. The van der Waals surface area contributed by atoms with E-state index in [1.807, 2.05) is 48.5 Å². The molecule has 0 aliphatic carbocycles. The van der Waals surface area contributed by atoms with E-state index in [0.29, 0.717) is 16.5 Å². The number of ether oxygens (including phenoxy) is 1. The first-order valence-electron chi connectivity index (χ1n) is 9.25. The normalized spacial score (nSPS) is 15.6. The first-order valence-corrected chi connectivity index (χ1v) is 10.4. The maximum atomic E-state index is 9.89. The molecule has 1 aromatic heterocycles. The van der Waals surface area contributed by atoms with Crippen LogP contribution in [0.4, 0.5) is 0 Å². The van der Waals surface area contributed by atoms with Crippen molar-refractivity contribution in [2.45, 2.75) is 25.7 Å². The maximum Gasteiger partial charge on any atom is 0.229 e. The van der Waals surface area contributed by atoms with Crippen molar-refractivity contribution in [3.63, 3.8) is 0 Å². The van der Waals surface area contributed by atoms with Gasteiger partial charge in [0.2, 0.25) is 11.8 Å². The van der Waals surface area contributed by atoms with Crippen LogP contribution in [0.3, 0.4) is 0 Å². The number of nitrogens with two attached hydrogens (primary N) is 1. The van der Waals surface area contributed by atoms with E-state index >= 15 is 0 Å². The molecule has 0 unspecified atom stereocenters. The quantitative estimate of drug-likeness (QED) is 0.550. The first-order chi connectivity index (χ1) is 14.1. The molecule has 1 aliphatic heterocycles. The molecule has 4 rings (SSSR count). The van der Waals surface area contributed by atoms with Crippen molar-refractivity contribution in [3.05, 3.63) is 86.3 Å². The Morgan fingerprint density at radius 1 is 1.21 bits per heavy atom. The van der Waals surface area contributed by atoms with Gasteiger partial charge in [-0.15, -0.1) is 0 Å². The van der Waals surface area contributed by atoms with Gasteiger partial charge in [-0.1, -0.05) is 65.1 Å². The van der Waals surface area contributed by atoms with Gasteiger partial charge in [-0.3, -0.25) is 0 Å². The molecule has 7 heteroatoms. The zero-order valence-electron chi connectivity index (χ0n) is 15.7. The Hall–Kier alpha value is -2.75. The highest BCUT2D eigenvalue weighted by Crippen LogP contribution is 2.48. The van der Waals surface area contributed by atoms with E-state index in [-0.39, 0.29) is 5.88 Å². The Morgan fingerprint density at radius 3 is 2.62 bits per heavy atom. The number of halogens is 2. The van der Waals surface area contributed by atoms with Crippen LogP contribution in [-0.2, 0) is 6.42 Å². The second-order valence-electron chi connectivity index (χ2n) is 6.72. The molecule has 0 amide bonds. The minimum Gasteiger partial charge on any atom is -0.422 e. The van der Waals surface area contributed by atoms with Crippen molar-refractivity contribution < 1.29 is 4.74 Å². The molecule has 1 atom stereocenters. The fourth-order valence-electron chi connectivity index (χ4n) is 3.65. The van der Waals surface area contributed by atoms with Crippen LogP contribution in [0.15, 0.2) is 64.5 Å². The second-order valence-corrected chi connectivity index (χ2v) is 7.98. The van der Waals surface area contributed by atoms with Crippen LogP contribution in [-0.4, -0.2) is 9.78 Å². The van der Waals surface area contributed by atoms with Gasteiger partial charge in [-0.2, -0.15) is 10.4 Å². The molecule has 2 N–H and O–H groups in total. The van der Waals surface area contributed by atoms with E-state index in [0.717, 1.165) is 39.8 Å². The highest BCUT2D eigenvalue weighted by molar-refractivity contribution is 9.10. The predicted octanol–water partition coefficient (Wildman–Crippen LogP) is 5.46. The molecule has 2 aromatic carbocycles. The number of nitrogens with zero attached hydrogens (tertiary/aromatic N) is 3. The summed E-state index contributed by atoms with van der Waals surface area (Å²) >= 11 is 10.2. The number of rotatable bonds is 4. The molecule has 1 aliphatic rings. The third-order valence-corrected chi connectivity index (χ3v) is 5.92. The number of hydrogen-bond donors (Lipinski definition) is 1. The van der Waals surface area contributed by atoms with Gasteiger partial charge < -0.3 is 10.5 Å². The lowest BCUT2D eigenvalue weighted by Crippen LogP contribution is -2.22. The molecule has 0 radical (unpaired) electrons. The molecule has 0 fully saturated rings. The van der Waals surface area contributed by atoms with Gasteiger partial charge in [0.15, 0.2) is 0 Å². The van der Waals surface area contributed by atoms with Gasteiger partial charge in [0.1, 0.15) is 11.6 Å². The third-order valence-electron chi connectivity index (χ3n) is 4.90. The summed E-state index contributed by atoms with van der Waals surface area (Å²) in [6.45, 7) is 2.09. The summed E-state index contributed by atoms with van der Waals surface area (Å²) in [5.74, 6) is 0.121. The summed E-state index contributed by atoms with van der Waals surface area (Å²) in [7, 11) is 0. The highest BCUT2D eigenvalue weighted by Gasteiger charge is 2.38. The monoisotopic (exact) mass is 468 g/mol. The standard InChI is InChI=1S/C22H18BrClN4O/c1-2-7-17-20-18(19-15(23)10-6-11-16(19)24)14(12-25)21(26)29-22(20)28(27-17)13-8-4-3-5-9-13/h3-6,8-11,18H,2,7,26H2,1H3/t18-/m1/s1. The fourth-order valence-corrected chi connectivity index (χ4v) is 4.64. The molecule has 29 heavy (non-hydrogen) atoms. The summed E-state index contributed by atoms with van der Waals surface area (Å²) in [6.07, 6.45) is 1.64. The lowest BCUT2D eigenvalue weighted by molar-refractivity contribution is 0.367. The number of benzene rings is 2. The summed E-state index contributed by atoms with van der Waals surface area (Å²) in [5, 5.41) is 15.3. The summed E-state index contributed by atoms with van der Waals surface area (Å²) < 4.78 is 8.51. The lowest BCUT2D eigenvalue weighted by Gasteiger charge is -2.26. The van der Waals surface area contributed by atoms with Crippen LogP contribution in [0.2, 0.25) is 5.02 Å². The van der Waals surface area contributed by atoms with E-state index in [4.69, 9.17) is 27.2 Å². The second kappa shape index (κ2) is 7.94. The zero-order chi connectivity index (χ0) is 20.5. The minimum atomic E-state index is -0.467.